The first kappa shape index (κ1) is 22.2. The zero-order chi connectivity index (χ0) is 23.0. The number of carbonyl (C=O) groups is 1. The Bertz CT molecular complexity index is 1410. The summed E-state index contributed by atoms with van der Waals surface area (Å²) in [5.41, 5.74) is 3.20. The van der Waals surface area contributed by atoms with Crippen LogP contribution in [0.1, 0.15) is 13.8 Å². The summed E-state index contributed by atoms with van der Waals surface area (Å²) in [6.07, 6.45) is 1.08. The maximum Gasteiger partial charge on any atom is 0.247 e. The van der Waals surface area contributed by atoms with Crippen molar-refractivity contribution >= 4 is 60.7 Å². The number of hydrogen-bond acceptors (Lipinski definition) is 3. The number of anilines is 2. The summed E-state index contributed by atoms with van der Waals surface area (Å²) in [5, 5.41) is 5.50. The highest BCUT2D eigenvalue weighted by Crippen LogP contribution is 2.31. The van der Waals surface area contributed by atoms with Crippen molar-refractivity contribution in [3.8, 4) is 0 Å². The number of rotatable bonds is 6. The highest BCUT2D eigenvalue weighted by atomic mass is 35.5. The van der Waals surface area contributed by atoms with Gasteiger partial charge in [-0.3, -0.25) is 9.10 Å². The van der Waals surface area contributed by atoms with Crippen molar-refractivity contribution in [2.24, 2.45) is 0 Å². The van der Waals surface area contributed by atoms with E-state index in [9.17, 15) is 13.2 Å². The van der Waals surface area contributed by atoms with E-state index in [1.165, 1.54) is 0 Å². The number of para-hydroxylation sites is 1. The molecular weight excluding hydrogens is 446 g/mol. The smallest absolute Gasteiger partial charge is 0.247 e. The number of nitrogens with one attached hydrogen (secondary N) is 1. The summed E-state index contributed by atoms with van der Waals surface area (Å²) < 4.78 is 28.3. The zero-order valence-corrected chi connectivity index (χ0v) is 19.6. The summed E-state index contributed by atoms with van der Waals surface area (Å²) in [6.45, 7) is 4.49. The highest BCUT2D eigenvalue weighted by molar-refractivity contribution is 7.92. The molecule has 0 spiro atoms. The molecule has 0 aliphatic carbocycles. The maximum atomic E-state index is 13.1. The van der Waals surface area contributed by atoms with E-state index in [0.717, 1.165) is 38.9 Å². The zero-order valence-electron chi connectivity index (χ0n) is 18.0. The van der Waals surface area contributed by atoms with E-state index in [0.29, 0.717) is 16.4 Å². The normalized spacial score (nSPS) is 12.8. The number of aryl methyl sites for hydroxylation is 1. The molecule has 4 rings (SSSR count). The first-order chi connectivity index (χ1) is 15.2. The van der Waals surface area contributed by atoms with E-state index in [-0.39, 0.29) is 0 Å². The summed E-state index contributed by atoms with van der Waals surface area (Å²) in [7, 11) is -3.70. The van der Waals surface area contributed by atoms with E-state index in [4.69, 9.17) is 11.6 Å². The average molecular weight is 470 g/mol. The maximum absolute atomic E-state index is 13.1. The average Bonchev–Trinajstić information content (AvgIpc) is 3.07. The van der Waals surface area contributed by atoms with Gasteiger partial charge < -0.3 is 9.88 Å². The third-order valence-electron chi connectivity index (χ3n) is 5.53. The van der Waals surface area contributed by atoms with Crippen LogP contribution in [-0.2, 0) is 21.4 Å². The summed E-state index contributed by atoms with van der Waals surface area (Å²) in [6, 6.07) is 19.3. The topological polar surface area (TPSA) is 71.4 Å². The number of carbonyl (C=O) groups excluding carboxylic acids is 1. The van der Waals surface area contributed by atoms with Crippen LogP contribution in [-0.4, -0.2) is 31.2 Å². The quantitative estimate of drug-likeness (QED) is 0.418. The fourth-order valence-electron chi connectivity index (χ4n) is 4.12. The van der Waals surface area contributed by atoms with Gasteiger partial charge in [0.2, 0.25) is 15.9 Å². The molecule has 0 saturated heterocycles. The van der Waals surface area contributed by atoms with E-state index in [1.807, 2.05) is 30.3 Å². The number of benzene rings is 3. The van der Waals surface area contributed by atoms with Gasteiger partial charge in [-0.15, -0.1) is 0 Å². The fourth-order valence-corrected chi connectivity index (χ4v) is 5.42. The van der Waals surface area contributed by atoms with Gasteiger partial charge in [0, 0.05) is 39.1 Å². The van der Waals surface area contributed by atoms with Gasteiger partial charge in [-0.25, -0.2) is 8.42 Å². The van der Waals surface area contributed by atoms with Gasteiger partial charge in [-0.2, -0.15) is 0 Å². The molecule has 3 aromatic carbocycles. The lowest BCUT2D eigenvalue weighted by atomic mass is 10.1. The fraction of sp³-hybridized carbons (Fsp3) is 0.208. The summed E-state index contributed by atoms with van der Waals surface area (Å²) in [5.74, 6) is -0.427. The molecule has 0 radical (unpaired) electrons. The van der Waals surface area contributed by atoms with Crippen LogP contribution >= 0.6 is 11.6 Å². The molecule has 32 heavy (non-hydrogen) atoms. The van der Waals surface area contributed by atoms with Gasteiger partial charge in [-0.05, 0) is 62.4 Å². The number of halogens is 1. The molecule has 1 atom stereocenters. The second kappa shape index (κ2) is 8.48. The predicted octanol–water partition coefficient (Wildman–Crippen LogP) is 5.26. The van der Waals surface area contributed by atoms with E-state index in [2.05, 4.69) is 28.9 Å². The first-order valence-electron chi connectivity index (χ1n) is 10.3. The minimum Gasteiger partial charge on any atom is -0.341 e. The molecule has 4 aromatic rings. The molecule has 1 aromatic heterocycles. The van der Waals surface area contributed by atoms with Gasteiger partial charge in [0.25, 0.3) is 0 Å². The molecule has 0 unspecified atom stereocenters. The molecule has 1 heterocycles. The minimum atomic E-state index is -3.70. The third kappa shape index (κ3) is 4.06. The van der Waals surface area contributed by atoms with Crippen molar-refractivity contribution in [1.29, 1.82) is 0 Å². The third-order valence-corrected chi connectivity index (χ3v) is 7.02. The number of amides is 1. The molecule has 166 valence electrons. The van der Waals surface area contributed by atoms with Crippen LogP contribution in [0.2, 0.25) is 5.02 Å². The molecular formula is C24H24ClN3O3S. The van der Waals surface area contributed by atoms with Gasteiger partial charge in [0.15, 0.2) is 0 Å². The Labute approximate surface area is 192 Å². The van der Waals surface area contributed by atoms with Crippen molar-refractivity contribution in [3.05, 3.63) is 71.8 Å². The van der Waals surface area contributed by atoms with Crippen molar-refractivity contribution in [3.63, 3.8) is 0 Å². The SMILES string of the molecule is CCn1c2ccccc2c2cc(NC(=O)[C@H](C)N(c3ccc(Cl)cc3)S(C)(=O)=O)ccc21. The minimum absolute atomic E-state index is 0.376. The Kier molecular flexibility index (Phi) is 5.88. The van der Waals surface area contributed by atoms with Crippen molar-refractivity contribution < 1.29 is 13.2 Å². The molecule has 0 aliphatic rings. The number of hydrogen-bond donors (Lipinski definition) is 1. The molecule has 0 bridgehead atoms. The Balaban J connectivity index is 1.68. The number of nitrogens with zero attached hydrogens (tertiary/aromatic N) is 2. The second-order valence-corrected chi connectivity index (χ2v) is 9.99. The first-order valence-corrected chi connectivity index (χ1v) is 12.5. The van der Waals surface area contributed by atoms with Crippen LogP contribution < -0.4 is 9.62 Å². The number of aromatic nitrogens is 1. The molecule has 0 aliphatic heterocycles. The van der Waals surface area contributed by atoms with Crippen LogP contribution in [0.5, 0.6) is 0 Å². The van der Waals surface area contributed by atoms with Gasteiger partial charge in [-0.1, -0.05) is 29.8 Å². The molecule has 0 fully saturated rings. The Morgan fingerprint density at radius 1 is 1.03 bits per heavy atom. The van der Waals surface area contributed by atoms with E-state index < -0.39 is 22.0 Å². The standard InChI is InChI=1S/C24H24ClN3O3S/c1-4-27-22-8-6-5-7-20(22)21-15-18(11-14-23(21)27)26-24(29)16(2)28(32(3,30)31)19-12-9-17(25)10-13-19/h5-16H,4H2,1-3H3,(H,26,29)/t16-/m0/s1. The lowest BCUT2D eigenvalue weighted by Crippen LogP contribution is -2.45. The molecule has 8 heteroatoms. The Morgan fingerprint density at radius 2 is 1.69 bits per heavy atom. The summed E-state index contributed by atoms with van der Waals surface area (Å²) in [4.78, 5) is 13.1. The van der Waals surface area contributed by atoms with Gasteiger partial charge >= 0.3 is 0 Å². The molecule has 1 N–H and O–H groups in total. The van der Waals surface area contributed by atoms with E-state index >= 15 is 0 Å². The highest BCUT2D eigenvalue weighted by Gasteiger charge is 2.29. The van der Waals surface area contributed by atoms with Gasteiger partial charge in [0.1, 0.15) is 6.04 Å². The van der Waals surface area contributed by atoms with Crippen LogP contribution in [0.15, 0.2) is 66.7 Å². The lowest BCUT2D eigenvalue weighted by Gasteiger charge is -2.28. The van der Waals surface area contributed by atoms with Crippen LogP contribution in [0.4, 0.5) is 11.4 Å². The van der Waals surface area contributed by atoms with Crippen molar-refractivity contribution in [2.75, 3.05) is 15.9 Å². The van der Waals surface area contributed by atoms with E-state index in [1.54, 1.807) is 31.2 Å². The largest absolute Gasteiger partial charge is 0.341 e. The second-order valence-electron chi connectivity index (χ2n) is 7.69. The number of fused-ring (bicyclic) bond motifs is 3. The monoisotopic (exact) mass is 469 g/mol. The molecule has 1 amide bonds. The Hall–Kier alpha value is -3.03. The van der Waals surface area contributed by atoms with Crippen LogP contribution in [0.3, 0.4) is 0 Å². The number of sulfonamides is 1. The lowest BCUT2D eigenvalue weighted by molar-refractivity contribution is -0.116. The van der Waals surface area contributed by atoms with Crippen molar-refractivity contribution in [2.45, 2.75) is 26.4 Å². The Morgan fingerprint density at radius 3 is 2.34 bits per heavy atom. The van der Waals surface area contributed by atoms with Gasteiger partial charge in [0.05, 0.1) is 11.9 Å². The van der Waals surface area contributed by atoms with Crippen LogP contribution in [0.25, 0.3) is 21.8 Å². The van der Waals surface area contributed by atoms with Crippen molar-refractivity contribution in [1.82, 2.24) is 4.57 Å². The molecule has 0 saturated carbocycles. The summed E-state index contributed by atoms with van der Waals surface area (Å²) >= 11 is 5.93. The predicted molar refractivity (Wildman–Crippen MR) is 132 cm³/mol. The molecule has 6 nitrogen and oxygen atoms in total. The van der Waals surface area contributed by atoms with Crippen LogP contribution in [0, 0.1) is 0 Å².